The smallest absolute Gasteiger partial charge is 0.257 e. The number of thiocarbonyl (C=S) groups is 1. The van der Waals surface area contributed by atoms with E-state index in [0.717, 1.165) is 22.4 Å². The summed E-state index contributed by atoms with van der Waals surface area (Å²) < 4.78 is 0. The van der Waals surface area contributed by atoms with Gasteiger partial charge in [-0.2, -0.15) is 0 Å². The van der Waals surface area contributed by atoms with Gasteiger partial charge in [-0.1, -0.05) is 23.8 Å². The van der Waals surface area contributed by atoms with Crippen LogP contribution in [0.5, 0.6) is 0 Å². The number of carbonyl (C=O) groups excluding carboxylic acids is 1. The zero-order chi connectivity index (χ0) is 15.4. The first-order valence-electron chi connectivity index (χ1n) is 6.71. The molecule has 4 heteroatoms. The van der Waals surface area contributed by atoms with Gasteiger partial charge >= 0.3 is 0 Å². The van der Waals surface area contributed by atoms with E-state index in [2.05, 4.69) is 16.7 Å². The Morgan fingerprint density at radius 3 is 2.05 bits per heavy atom. The summed E-state index contributed by atoms with van der Waals surface area (Å²) in [7, 11) is 0. The molecule has 0 aliphatic rings. The van der Waals surface area contributed by atoms with Gasteiger partial charge in [0.2, 0.25) is 0 Å². The molecule has 0 bridgehead atoms. The average Bonchev–Trinajstić information content (AvgIpc) is 2.37. The van der Waals surface area contributed by atoms with Crippen molar-refractivity contribution in [2.75, 3.05) is 5.32 Å². The number of nitrogens with one attached hydrogen (secondary N) is 2. The highest BCUT2D eigenvalue weighted by Gasteiger charge is 2.07. The van der Waals surface area contributed by atoms with E-state index in [4.69, 9.17) is 12.2 Å². The van der Waals surface area contributed by atoms with Crippen molar-refractivity contribution in [1.82, 2.24) is 5.32 Å². The summed E-state index contributed by atoms with van der Waals surface area (Å²) in [6.07, 6.45) is 0. The van der Waals surface area contributed by atoms with Crippen LogP contribution < -0.4 is 10.6 Å². The normalized spacial score (nSPS) is 10.0. The van der Waals surface area contributed by atoms with Crippen LogP contribution in [0.4, 0.5) is 5.69 Å². The Morgan fingerprint density at radius 2 is 1.48 bits per heavy atom. The largest absolute Gasteiger partial charge is 0.332 e. The van der Waals surface area contributed by atoms with Crippen molar-refractivity contribution >= 4 is 28.9 Å². The van der Waals surface area contributed by atoms with Crippen molar-refractivity contribution in [2.45, 2.75) is 20.8 Å². The standard InChI is InChI=1S/C17H18N2OS/c1-11-4-6-14(7-5-11)16(20)19-17(21)18-15-9-12(2)8-13(3)10-15/h4-10H,1-3H3,(H2,18,19,20,21). The molecule has 21 heavy (non-hydrogen) atoms. The predicted molar refractivity (Wildman–Crippen MR) is 90.8 cm³/mol. The lowest BCUT2D eigenvalue weighted by molar-refractivity contribution is 0.0978. The maximum atomic E-state index is 12.1. The van der Waals surface area contributed by atoms with Gasteiger partial charge in [-0.15, -0.1) is 0 Å². The number of aryl methyl sites for hydroxylation is 3. The van der Waals surface area contributed by atoms with Crippen molar-refractivity contribution in [3.05, 3.63) is 64.7 Å². The van der Waals surface area contributed by atoms with Gasteiger partial charge in [0, 0.05) is 11.3 Å². The fourth-order valence-electron chi connectivity index (χ4n) is 2.09. The molecule has 0 atom stereocenters. The summed E-state index contributed by atoms with van der Waals surface area (Å²) in [5, 5.41) is 6.02. The quantitative estimate of drug-likeness (QED) is 0.830. The number of hydrogen-bond donors (Lipinski definition) is 2. The van der Waals surface area contributed by atoms with Crippen molar-refractivity contribution < 1.29 is 4.79 Å². The van der Waals surface area contributed by atoms with Gasteiger partial charge in [-0.25, -0.2) is 0 Å². The summed E-state index contributed by atoms with van der Waals surface area (Å²) in [5.74, 6) is -0.211. The van der Waals surface area contributed by atoms with E-state index in [1.165, 1.54) is 0 Å². The van der Waals surface area contributed by atoms with Crippen LogP contribution in [0, 0.1) is 20.8 Å². The molecule has 0 heterocycles. The Morgan fingerprint density at radius 1 is 0.905 bits per heavy atom. The second-order valence-corrected chi connectivity index (χ2v) is 5.56. The number of benzene rings is 2. The minimum atomic E-state index is -0.211. The minimum Gasteiger partial charge on any atom is -0.332 e. The second kappa shape index (κ2) is 6.50. The van der Waals surface area contributed by atoms with E-state index in [0.29, 0.717) is 10.7 Å². The molecule has 108 valence electrons. The van der Waals surface area contributed by atoms with Crippen LogP contribution in [0.3, 0.4) is 0 Å². The molecule has 2 aromatic rings. The van der Waals surface area contributed by atoms with E-state index in [-0.39, 0.29) is 5.91 Å². The van der Waals surface area contributed by atoms with E-state index in [9.17, 15) is 4.79 Å². The predicted octanol–water partition coefficient (Wildman–Crippen LogP) is 3.74. The molecule has 0 aliphatic carbocycles. The lowest BCUT2D eigenvalue weighted by Gasteiger charge is -2.11. The lowest BCUT2D eigenvalue weighted by Crippen LogP contribution is -2.34. The van der Waals surface area contributed by atoms with Gasteiger partial charge in [0.05, 0.1) is 0 Å². The Hall–Kier alpha value is -2.20. The molecule has 2 rings (SSSR count). The molecule has 1 amide bonds. The van der Waals surface area contributed by atoms with Crippen LogP contribution in [-0.2, 0) is 0 Å². The summed E-state index contributed by atoms with van der Waals surface area (Å²) in [6.45, 7) is 6.02. The Kier molecular flexibility index (Phi) is 4.70. The Balaban J connectivity index is 2.01. The summed E-state index contributed by atoms with van der Waals surface area (Å²) >= 11 is 5.18. The summed E-state index contributed by atoms with van der Waals surface area (Å²) in [5.41, 5.74) is 4.87. The van der Waals surface area contributed by atoms with Gasteiger partial charge in [-0.3, -0.25) is 10.1 Å². The molecule has 3 nitrogen and oxygen atoms in total. The summed E-state index contributed by atoms with van der Waals surface area (Å²) in [4.78, 5) is 12.1. The van der Waals surface area contributed by atoms with Crippen LogP contribution in [0.2, 0.25) is 0 Å². The molecular formula is C17H18N2OS. The van der Waals surface area contributed by atoms with Gasteiger partial charge in [0.1, 0.15) is 0 Å². The number of amides is 1. The highest BCUT2D eigenvalue weighted by atomic mass is 32.1. The molecule has 2 N–H and O–H groups in total. The van der Waals surface area contributed by atoms with Gasteiger partial charge in [0.25, 0.3) is 5.91 Å². The fourth-order valence-corrected chi connectivity index (χ4v) is 2.30. The molecule has 0 aliphatic heterocycles. The molecule has 0 unspecified atom stereocenters. The zero-order valence-corrected chi connectivity index (χ0v) is 13.2. The zero-order valence-electron chi connectivity index (χ0n) is 12.4. The first-order chi connectivity index (χ1) is 9.94. The van der Waals surface area contributed by atoms with Gasteiger partial charge in [0.15, 0.2) is 5.11 Å². The number of hydrogen-bond acceptors (Lipinski definition) is 2. The second-order valence-electron chi connectivity index (χ2n) is 5.15. The van der Waals surface area contributed by atoms with Crippen molar-refractivity contribution in [2.24, 2.45) is 0 Å². The van der Waals surface area contributed by atoms with Crippen molar-refractivity contribution in [3.63, 3.8) is 0 Å². The summed E-state index contributed by atoms with van der Waals surface area (Å²) in [6, 6.07) is 13.4. The molecule has 0 spiro atoms. The minimum absolute atomic E-state index is 0.211. The maximum Gasteiger partial charge on any atom is 0.257 e. The third-order valence-electron chi connectivity index (χ3n) is 3.02. The molecule has 0 aromatic heterocycles. The molecule has 0 radical (unpaired) electrons. The van der Waals surface area contributed by atoms with Gasteiger partial charge in [-0.05, 0) is 68.4 Å². The fraction of sp³-hybridized carbons (Fsp3) is 0.176. The monoisotopic (exact) mass is 298 g/mol. The number of anilines is 1. The molecule has 0 saturated heterocycles. The molecular weight excluding hydrogens is 280 g/mol. The van der Waals surface area contributed by atoms with Crippen LogP contribution in [0.25, 0.3) is 0 Å². The van der Waals surface area contributed by atoms with Crippen LogP contribution in [0.15, 0.2) is 42.5 Å². The first-order valence-corrected chi connectivity index (χ1v) is 7.12. The van der Waals surface area contributed by atoms with Crippen LogP contribution in [-0.4, -0.2) is 11.0 Å². The molecule has 2 aromatic carbocycles. The van der Waals surface area contributed by atoms with Crippen molar-refractivity contribution in [1.29, 1.82) is 0 Å². The van der Waals surface area contributed by atoms with Crippen molar-refractivity contribution in [3.8, 4) is 0 Å². The molecule has 0 saturated carbocycles. The SMILES string of the molecule is Cc1ccc(C(=O)NC(=S)Nc2cc(C)cc(C)c2)cc1. The highest BCUT2D eigenvalue weighted by Crippen LogP contribution is 2.13. The average molecular weight is 298 g/mol. The maximum absolute atomic E-state index is 12.1. The van der Waals surface area contributed by atoms with Gasteiger partial charge < -0.3 is 5.32 Å². The topological polar surface area (TPSA) is 41.1 Å². The van der Waals surface area contributed by atoms with Crippen LogP contribution >= 0.6 is 12.2 Å². The lowest BCUT2D eigenvalue weighted by atomic mass is 10.1. The Labute approximate surface area is 130 Å². The highest BCUT2D eigenvalue weighted by molar-refractivity contribution is 7.80. The van der Waals surface area contributed by atoms with E-state index >= 15 is 0 Å². The third kappa shape index (κ3) is 4.39. The third-order valence-corrected chi connectivity index (χ3v) is 3.22. The van der Waals surface area contributed by atoms with E-state index in [1.54, 1.807) is 12.1 Å². The first kappa shape index (κ1) is 15.2. The van der Waals surface area contributed by atoms with E-state index < -0.39 is 0 Å². The number of carbonyl (C=O) groups is 1. The Bertz CT molecular complexity index is 657. The molecule has 0 fully saturated rings. The van der Waals surface area contributed by atoms with Crippen LogP contribution in [0.1, 0.15) is 27.0 Å². The number of rotatable bonds is 2. The van der Waals surface area contributed by atoms with E-state index in [1.807, 2.05) is 45.0 Å².